The summed E-state index contributed by atoms with van der Waals surface area (Å²) in [5, 5.41) is 0. The third kappa shape index (κ3) is 1.61. The molecular formula is C23H21NO2. The van der Waals surface area contributed by atoms with Gasteiger partial charge in [-0.1, -0.05) is 60.2 Å². The molecule has 2 aromatic rings. The summed E-state index contributed by atoms with van der Waals surface area (Å²) in [5.41, 5.74) is 3.29. The molecule has 1 amide bonds. The topological polar surface area (TPSA) is 29.5 Å². The number of ether oxygens (including phenoxy) is 1. The highest BCUT2D eigenvalue weighted by Gasteiger charge is 2.63. The molecule has 0 radical (unpaired) electrons. The highest BCUT2D eigenvalue weighted by molar-refractivity contribution is 6.01. The van der Waals surface area contributed by atoms with Crippen molar-refractivity contribution in [3.8, 4) is 0 Å². The van der Waals surface area contributed by atoms with E-state index in [1.165, 1.54) is 5.56 Å². The minimum atomic E-state index is -0.777. The average molecular weight is 343 g/mol. The third-order valence-electron chi connectivity index (χ3n) is 6.88. The molecule has 1 saturated carbocycles. The van der Waals surface area contributed by atoms with Crippen molar-refractivity contribution in [3.05, 3.63) is 82.9 Å². The number of hydrogen-bond acceptors (Lipinski definition) is 2. The molecule has 26 heavy (non-hydrogen) atoms. The molecule has 5 atom stereocenters. The van der Waals surface area contributed by atoms with E-state index in [2.05, 4.69) is 54.3 Å². The summed E-state index contributed by atoms with van der Waals surface area (Å²) < 4.78 is 6.65. The van der Waals surface area contributed by atoms with Crippen molar-refractivity contribution in [1.29, 1.82) is 0 Å². The van der Waals surface area contributed by atoms with Gasteiger partial charge in [-0.3, -0.25) is 9.69 Å². The normalized spacial score (nSPS) is 36.2. The van der Waals surface area contributed by atoms with Crippen molar-refractivity contribution >= 4 is 5.91 Å². The van der Waals surface area contributed by atoms with Crippen LogP contribution in [0.25, 0.3) is 0 Å². The Morgan fingerprint density at radius 3 is 2.65 bits per heavy atom. The van der Waals surface area contributed by atoms with Gasteiger partial charge in [0.25, 0.3) is 5.91 Å². The molecule has 2 aliphatic heterocycles. The minimum Gasteiger partial charge on any atom is -0.347 e. The van der Waals surface area contributed by atoms with Gasteiger partial charge in [0.2, 0.25) is 0 Å². The van der Waals surface area contributed by atoms with Gasteiger partial charge in [0.05, 0.1) is 6.61 Å². The molecule has 2 heterocycles. The summed E-state index contributed by atoms with van der Waals surface area (Å²) in [6, 6.07) is 16.7. The number of carbonyl (C=O) groups excluding carboxylic acids is 1. The van der Waals surface area contributed by atoms with Crippen molar-refractivity contribution < 1.29 is 9.53 Å². The third-order valence-corrected chi connectivity index (χ3v) is 6.88. The fourth-order valence-corrected chi connectivity index (χ4v) is 5.74. The monoisotopic (exact) mass is 343 g/mol. The first kappa shape index (κ1) is 14.7. The number of rotatable bonds is 1. The number of carbonyl (C=O) groups is 1. The van der Waals surface area contributed by atoms with E-state index in [9.17, 15) is 4.79 Å². The minimum absolute atomic E-state index is 0.122. The maximum absolute atomic E-state index is 13.5. The first-order valence-corrected chi connectivity index (χ1v) is 9.53. The van der Waals surface area contributed by atoms with E-state index in [0.717, 1.165) is 23.1 Å². The van der Waals surface area contributed by atoms with E-state index in [4.69, 9.17) is 4.74 Å². The molecule has 0 aromatic heterocycles. The van der Waals surface area contributed by atoms with Crippen LogP contribution < -0.4 is 0 Å². The van der Waals surface area contributed by atoms with Crippen molar-refractivity contribution in [2.24, 2.45) is 17.8 Å². The van der Waals surface area contributed by atoms with Gasteiger partial charge in [0.15, 0.2) is 5.72 Å². The smallest absolute Gasteiger partial charge is 0.257 e. The van der Waals surface area contributed by atoms with Crippen LogP contribution in [-0.2, 0) is 10.5 Å². The number of hydrogen-bond donors (Lipinski definition) is 0. The van der Waals surface area contributed by atoms with Crippen LogP contribution in [0.15, 0.2) is 60.7 Å². The number of aryl methyl sites for hydroxylation is 1. The summed E-state index contributed by atoms with van der Waals surface area (Å²) in [7, 11) is 0. The molecule has 1 saturated heterocycles. The Kier molecular flexibility index (Phi) is 2.76. The molecule has 3 heteroatoms. The van der Waals surface area contributed by atoms with E-state index < -0.39 is 5.72 Å². The summed E-state index contributed by atoms with van der Waals surface area (Å²) in [5.74, 6) is 1.55. The first-order valence-electron chi connectivity index (χ1n) is 9.53. The van der Waals surface area contributed by atoms with Crippen LogP contribution in [0, 0.1) is 24.7 Å². The van der Waals surface area contributed by atoms with Crippen LogP contribution in [-0.4, -0.2) is 23.5 Å². The number of benzene rings is 2. The maximum atomic E-state index is 13.5. The Balaban J connectivity index is 1.61. The summed E-state index contributed by atoms with van der Waals surface area (Å²) >= 11 is 0. The predicted octanol–water partition coefficient (Wildman–Crippen LogP) is 3.87. The zero-order valence-corrected chi connectivity index (χ0v) is 14.8. The zero-order chi connectivity index (χ0) is 17.5. The van der Waals surface area contributed by atoms with E-state index in [0.29, 0.717) is 24.4 Å². The summed E-state index contributed by atoms with van der Waals surface area (Å²) in [4.78, 5) is 15.6. The maximum Gasteiger partial charge on any atom is 0.257 e. The number of allylic oxidation sites excluding steroid dienone is 1. The lowest BCUT2D eigenvalue weighted by atomic mass is 9.83. The Morgan fingerprint density at radius 2 is 1.81 bits per heavy atom. The van der Waals surface area contributed by atoms with E-state index in [-0.39, 0.29) is 11.9 Å². The van der Waals surface area contributed by atoms with E-state index in [1.54, 1.807) is 0 Å². The number of nitrogens with zero attached hydrogens (tertiary/aromatic N) is 1. The van der Waals surface area contributed by atoms with Crippen LogP contribution in [0.1, 0.15) is 33.5 Å². The molecular weight excluding hydrogens is 322 g/mol. The number of amides is 1. The molecule has 0 unspecified atom stereocenters. The SMILES string of the molecule is Cc1ccc([C@@]23OC[C@@H]4[C@H]([C@H]5C=C[C@@H]4C5)N2C(=O)c2ccccc23)cc1. The predicted molar refractivity (Wildman–Crippen MR) is 98.5 cm³/mol. The zero-order valence-electron chi connectivity index (χ0n) is 14.8. The molecule has 2 aromatic carbocycles. The van der Waals surface area contributed by atoms with Crippen LogP contribution >= 0.6 is 0 Å². The fourth-order valence-electron chi connectivity index (χ4n) is 5.74. The van der Waals surface area contributed by atoms with Gasteiger partial charge in [-0.25, -0.2) is 0 Å². The molecule has 2 fully saturated rings. The van der Waals surface area contributed by atoms with E-state index >= 15 is 0 Å². The Labute approximate surface area is 153 Å². The Bertz CT molecular complexity index is 947. The quantitative estimate of drug-likeness (QED) is 0.736. The standard InChI is InChI=1S/C23H21NO2/c1-14-6-10-17(11-7-14)23-20-5-3-2-4-18(20)22(25)24(23)21-16-9-8-15(12-16)19(21)13-26-23/h2-11,15-16,19,21H,12-13H2,1H3/t15-,16+,19+,21+,23+/m1/s1. The first-order chi connectivity index (χ1) is 12.7. The molecule has 130 valence electrons. The van der Waals surface area contributed by atoms with Crippen LogP contribution in [0.2, 0.25) is 0 Å². The number of fused-ring (bicyclic) bond motifs is 9. The van der Waals surface area contributed by atoms with Crippen molar-refractivity contribution in [2.45, 2.75) is 25.1 Å². The highest BCUT2D eigenvalue weighted by Crippen LogP contribution is 2.57. The molecule has 6 rings (SSSR count). The van der Waals surface area contributed by atoms with Crippen LogP contribution in [0.5, 0.6) is 0 Å². The second kappa shape index (κ2) is 4.86. The lowest BCUT2D eigenvalue weighted by molar-refractivity contribution is -0.184. The van der Waals surface area contributed by atoms with Crippen LogP contribution in [0.4, 0.5) is 0 Å². The molecule has 0 spiro atoms. The highest BCUT2D eigenvalue weighted by atomic mass is 16.5. The molecule has 4 aliphatic rings. The summed E-state index contributed by atoms with van der Waals surface area (Å²) in [6.45, 7) is 2.80. The van der Waals surface area contributed by atoms with Crippen molar-refractivity contribution in [2.75, 3.05) is 6.61 Å². The van der Waals surface area contributed by atoms with Gasteiger partial charge in [0.1, 0.15) is 0 Å². The summed E-state index contributed by atoms with van der Waals surface area (Å²) in [6.07, 6.45) is 5.82. The molecule has 3 nitrogen and oxygen atoms in total. The van der Waals surface area contributed by atoms with E-state index in [1.807, 2.05) is 18.2 Å². The van der Waals surface area contributed by atoms with Crippen LogP contribution in [0.3, 0.4) is 0 Å². The van der Waals surface area contributed by atoms with Crippen molar-refractivity contribution in [3.63, 3.8) is 0 Å². The van der Waals surface area contributed by atoms with Gasteiger partial charge in [-0.05, 0) is 31.2 Å². The Hall–Kier alpha value is -2.39. The Morgan fingerprint density at radius 1 is 1.04 bits per heavy atom. The molecule has 2 bridgehead atoms. The lowest BCUT2D eigenvalue weighted by Gasteiger charge is -2.51. The van der Waals surface area contributed by atoms with Gasteiger partial charge in [-0.15, -0.1) is 0 Å². The van der Waals surface area contributed by atoms with Gasteiger partial charge < -0.3 is 4.74 Å². The lowest BCUT2D eigenvalue weighted by Crippen LogP contribution is -2.60. The molecule has 0 N–H and O–H groups in total. The van der Waals surface area contributed by atoms with Gasteiger partial charge >= 0.3 is 0 Å². The molecule has 2 aliphatic carbocycles. The fraction of sp³-hybridized carbons (Fsp3) is 0.348. The average Bonchev–Trinajstić information content (AvgIpc) is 3.35. The second-order valence-electron chi connectivity index (χ2n) is 8.14. The second-order valence-corrected chi connectivity index (χ2v) is 8.14. The van der Waals surface area contributed by atoms with Gasteiger partial charge in [-0.2, -0.15) is 0 Å². The van der Waals surface area contributed by atoms with Crippen molar-refractivity contribution in [1.82, 2.24) is 4.90 Å². The largest absolute Gasteiger partial charge is 0.347 e. The van der Waals surface area contributed by atoms with Gasteiger partial charge in [0, 0.05) is 28.7 Å².